The summed E-state index contributed by atoms with van der Waals surface area (Å²) in [6.45, 7) is 1.79. The van der Waals surface area contributed by atoms with Gasteiger partial charge in [-0.2, -0.15) is 0 Å². The first-order valence-corrected chi connectivity index (χ1v) is 6.67. The number of hydrogen-bond acceptors (Lipinski definition) is 3. The Kier molecular flexibility index (Phi) is 1.90. The summed E-state index contributed by atoms with van der Waals surface area (Å²) in [5.74, 6) is 1.32. The molecule has 0 saturated heterocycles. The highest BCUT2D eigenvalue weighted by atomic mass is 16.5. The van der Waals surface area contributed by atoms with E-state index < -0.39 is 0 Å². The fourth-order valence-electron chi connectivity index (χ4n) is 3.27. The molecule has 3 nitrogen and oxygen atoms in total. The number of hydrogen-bond donors (Lipinski definition) is 0. The van der Waals surface area contributed by atoms with Crippen molar-refractivity contribution in [3.63, 3.8) is 0 Å². The predicted molar refractivity (Wildman–Crippen MR) is 67.6 cm³/mol. The zero-order valence-electron chi connectivity index (χ0n) is 10.5. The molecule has 1 aliphatic heterocycles. The lowest BCUT2D eigenvalue weighted by atomic mass is 9.79. The van der Waals surface area contributed by atoms with Crippen molar-refractivity contribution in [3.8, 4) is 5.75 Å². The van der Waals surface area contributed by atoms with Gasteiger partial charge in [-0.25, -0.2) is 4.79 Å². The lowest BCUT2D eigenvalue weighted by Crippen LogP contribution is -2.32. The van der Waals surface area contributed by atoms with Gasteiger partial charge in [-0.3, -0.25) is 0 Å². The van der Waals surface area contributed by atoms with Crippen LogP contribution in [0.15, 0.2) is 20.9 Å². The molecule has 4 rings (SSSR count). The van der Waals surface area contributed by atoms with E-state index >= 15 is 0 Å². The first-order chi connectivity index (χ1) is 8.65. The first kappa shape index (κ1) is 10.4. The van der Waals surface area contributed by atoms with E-state index in [-0.39, 0.29) is 11.7 Å². The average Bonchev–Trinajstić information content (AvgIpc) is 3.06. The summed E-state index contributed by atoms with van der Waals surface area (Å²) in [6, 6.07) is 1.83. The lowest BCUT2D eigenvalue weighted by molar-refractivity contribution is 0.157. The van der Waals surface area contributed by atoms with Crippen LogP contribution in [0, 0.1) is 12.3 Å². The van der Waals surface area contributed by atoms with Crippen molar-refractivity contribution in [3.05, 3.63) is 33.4 Å². The van der Waals surface area contributed by atoms with Gasteiger partial charge >= 0.3 is 5.63 Å². The van der Waals surface area contributed by atoms with Crippen LogP contribution in [-0.2, 0) is 0 Å². The van der Waals surface area contributed by atoms with Gasteiger partial charge in [0.2, 0.25) is 0 Å². The molecule has 3 aliphatic rings. The Morgan fingerprint density at radius 1 is 1.33 bits per heavy atom. The highest BCUT2D eigenvalue weighted by molar-refractivity contribution is 5.62. The molecule has 3 heteroatoms. The third-order valence-electron chi connectivity index (χ3n) is 4.61. The summed E-state index contributed by atoms with van der Waals surface area (Å²) in [6.07, 6.45) is 8.34. The topological polar surface area (TPSA) is 39.4 Å². The Morgan fingerprint density at radius 2 is 2.17 bits per heavy atom. The molecule has 0 bridgehead atoms. The van der Waals surface area contributed by atoms with Gasteiger partial charge in [-0.05, 0) is 56.1 Å². The molecule has 18 heavy (non-hydrogen) atoms. The quantitative estimate of drug-likeness (QED) is 0.704. The molecular weight excluding hydrogens is 228 g/mol. The molecule has 94 valence electrons. The summed E-state index contributed by atoms with van der Waals surface area (Å²) in [5.41, 5.74) is 2.16. The van der Waals surface area contributed by atoms with Crippen molar-refractivity contribution in [2.24, 2.45) is 5.41 Å². The van der Waals surface area contributed by atoms with Gasteiger partial charge in [0.1, 0.15) is 23.2 Å². The van der Waals surface area contributed by atoms with Crippen LogP contribution in [0.3, 0.4) is 0 Å². The summed E-state index contributed by atoms with van der Waals surface area (Å²) in [4.78, 5) is 11.8. The second kappa shape index (κ2) is 3.28. The highest BCUT2D eigenvalue weighted by Crippen LogP contribution is 2.58. The third-order valence-corrected chi connectivity index (χ3v) is 4.61. The Bertz CT molecular complexity index is 605. The van der Waals surface area contributed by atoms with E-state index in [1.165, 1.54) is 24.8 Å². The minimum Gasteiger partial charge on any atom is -0.485 e. The van der Waals surface area contributed by atoms with Crippen molar-refractivity contribution in [2.75, 3.05) is 0 Å². The zero-order valence-corrected chi connectivity index (χ0v) is 10.5. The fraction of sp³-hybridized carbons (Fsp3) is 0.533. The predicted octanol–water partition coefficient (Wildman–Crippen LogP) is 3.06. The molecule has 2 heterocycles. The average molecular weight is 244 g/mol. The largest absolute Gasteiger partial charge is 0.485 e. The number of rotatable bonds is 0. The van der Waals surface area contributed by atoms with Gasteiger partial charge in [-0.15, -0.1) is 0 Å². The van der Waals surface area contributed by atoms with Gasteiger partial charge in [-0.1, -0.05) is 0 Å². The minimum atomic E-state index is -0.275. The van der Waals surface area contributed by atoms with Crippen LogP contribution >= 0.6 is 0 Å². The molecule has 1 spiro atoms. The highest BCUT2D eigenvalue weighted by Gasteiger charge is 2.48. The summed E-state index contributed by atoms with van der Waals surface area (Å²) < 4.78 is 11.2. The Balaban J connectivity index is 1.78. The molecule has 0 unspecified atom stereocenters. The van der Waals surface area contributed by atoms with Crippen LogP contribution in [0.25, 0.3) is 6.08 Å². The Labute approximate surface area is 105 Å². The molecule has 0 radical (unpaired) electrons. The van der Waals surface area contributed by atoms with Crippen LogP contribution in [-0.4, -0.2) is 6.10 Å². The van der Waals surface area contributed by atoms with E-state index in [0.29, 0.717) is 22.5 Å². The lowest BCUT2D eigenvalue weighted by Gasteiger charge is -2.34. The maximum Gasteiger partial charge on any atom is 0.346 e. The van der Waals surface area contributed by atoms with Gasteiger partial charge in [0.05, 0.1) is 0 Å². The van der Waals surface area contributed by atoms with E-state index in [4.69, 9.17) is 9.15 Å². The van der Waals surface area contributed by atoms with E-state index in [1.54, 1.807) is 6.92 Å². The van der Waals surface area contributed by atoms with Crippen molar-refractivity contribution >= 4 is 6.08 Å². The Hall–Kier alpha value is -1.51. The van der Waals surface area contributed by atoms with E-state index in [9.17, 15) is 4.79 Å². The Morgan fingerprint density at radius 3 is 2.94 bits per heavy atom. The number of ether oxygens (including phenoxy) is 1. The smallest absolute Gasteiger partial charge is 0.346 e. The molecule has 1 atom stereocenters. The monoisotopic (exact) mass is 244 g/mol. The van der Waals surface area contributed by atoms with Gasteiger partial charge < -0.3 is 9.15 Å². The fourth-order valence-corrected chi connectivity index (χ4v) is 3.27. The molecule has 2 saturated carbocycles. The third kappa shape index (κ3) is 1.46. The normalized spacial score (nSPS) is 26.9. The molecule has 0 amide bonds. The summed E-state index contributed by atoms with van der Waals surface area (Å²) in [7, 11) is 0. The molecule has 2 fully saturated rings. The van der Waals surface area contributed by atoms with E-state index in [1.807, 2.05) is 12.1 Å². The van der Waals surface area contributed by atoms with Crippen LogP contribution in [0.5, 0.6) is 5.75 Å². The SMILES string of the molecule is Cc1cc2c(c(=O)o1)C=C1CCC3(CC3)C[C@@H]1O2. The second-order valence-electron chi connectivity index (χ2n) is 5.95. The summed E-state index contributed by atoms with van der Waals surface area (Å²) in [5, 5.41) is 0. The molecule has 2 aliphatic carbocycles. The standard InChI is InChI=1S/C15H16O3/c1-9-6-12-11(14(16)17-9)7-10-2-3-15(4-5-15)8-13(10)18-12/h6-7,13H,2-5,8H2,1H3/t13-/m0/s1. The van der Waals surface area contributed by atoms with Gasteiger partial charge in [0, 0.05) is 6.07 Å². The molecule has 1 aromatic heterocycles. The van der Waals surface area contributed by atoms with Crippen LogP contribution in [0.2, 0.25) is 0 Å². The number of aryl methyl sites for hydroxylation is 1. The van der Waals surface area contributed by atoms with Crippen LogP contribution in [0.4, 0.5) is 0 Å². The van der Waals surface area contributed by atoms with Crippen LogP contribution in [0.1, 0.15) is 43.4 Å². The maximum absolute atomic E-state index is 11.8. The number of fused-ring (bicyclic) bond motifs is 2. The molecule has 0 N–H and O–H groups in total. The van der Waals surface area contributed by atoms with Gasteiger partial charge in [0.25, 0.3) is 0 Å². The van der Waals surface area contributed by atoms with E-state index in [0.717, 1.165) is 12.8 Å². The van der Waals surface area contributed by atoms with Crippen molar-refractivity contribution in [2.45, 2.75) is 45.1 Å². The van der Waals surface area contributed by atoms with Crippen LogP contribution < -0.4 is 10.4 Å². The second-order valence-corrected chi connectivity index (χ2v) is 5.95. The maximum atomic E-state index is 11.8. The molecule has 1 aromatic rings. The van der Waals surface area contributed by atoms with E-state index in [2.05, 4.69) is 0 Å². The van der Waals surface area contributed by atoms with Crippen molar-refractivity contribution in [1.29, 1.82) is 0 Å². The van der Waals surface area contributed by atoms with Crippen molar-refractivity contribution in [1.82, 2.24) is 0 Å². The van der Waals surface area contributed by atoms with Gasteiger partial charge in [0.15, 0.2) is 0 Å². The first-order valence-electron chi connectivity index (χ1n) is 6.67. The summed E-state index contributed by atoms with van der Waals surface area (Å²) >= 11 is 0. The minimum absolute atomic E-state index is 0.190. The zero-order chi connectivity index (χ0) is 12.3. The molecular formula is C15H16O3. The van der Waals surface area contributed by atoms with Crippen molar-refractivity contribution < 1.29 is 9.15 Å². The molecule has 0 aromatic carbocycles.